The molecule has 1 amide bonds. The van der Waals surface area contributed by atoms with E-state index in [1.54, 1.807) is 13.0 Å². The highest BCUT2D eigenvalue weighted by molar-refractivity contribution is 7.99. The van der Waals surface area contributed by atoms with Crippen molar-refractivity contribution in [2.75, 3.05) is 11.1 Å². The number of allylic oxidation sites excluding steroid dienone is 1. The van der Waals surface area contributed by atoms with Crippen molar-refractivity contribution in [3.63, 3.8) is 0 Å². The van der Waals surface area contributed by atoms with Gasteiger partial charge in [0.25, 0.3) is 5.56 Å². The van der Waals surface area contributed by atoms with Crippen molar-refractivity contribution in [1.29, 1.82) is 0 Å². The summed E-state index contributed by atoms with van der Waals surface area (Å²) >= 11 is 1.21. The zero-order chi connectivity index (χ0) is 17.5. The Bertz CT molecular complexity index is 782. The number of carbonyl (C=O) groups is 1. The second kappa shape index (κ2) is 8.49. The molecule has 0 saturated heterocycles. The normalized spacial score (nSPS) is 10.4. The van der Waals surface area contributed by atoms with Crippen LogP contribution < -0.4 is 10.9 Å². The first kappa shape index (κ1) is 18.0. The second-order valence-corrected chi connectivity index (χ2v) is 6.28. The molecular formula is C18H21N3O2S. The van der Waals surface area contributed by atoms with Crippen LogP contribution in [0.4, 0.5) is 5.69 Å². The predicted octanol–water partition coefficient (Wildman–Crippen LogP) is 3.10. The Balaban J connectivity index is 1.96. The van der Waals surface area contributed by atoms with E-state index in [2.05, 4.69) is 28.8 Å². The zero-order valence-electron chi connectivity index (χ0n) is 13.9. The number of benzene rings is 1. The number of aromatic nitrogens is 2. The van der Waals surface area contributed by atoms with Gasteiger partial charge in [0.05, 0.1) is 5.75 Å². The number of thioether (sulfide) groups is 1. The van der Waals surface area contributed by atoms with E-state index >= 15 is 0 Å². The number of anilines is 1. The number of aryl methyl sites for hydroxylation is 2. The molecule has 0 aliphatic carbocycles. The van der Waals surface area contributed by atoms with Crippen LogP contribution in [0.15, 0.2) is 46.9 Å². The molecule has 2 rings (SSSR count). The minimum Gasteiger partial charge on any atom is -0.325 e. The summed E-state index contributed by atoms with van der Waals surface area (Å²) in [5.74, 6) is 0.0401. The van der Waals surface area contributed by atoms with Crippen LogP contribution in [0.5, 0.6) is 0 Å². The van der Waals surface area contributed by atoms with Crippen LogP contribution in [0.25, 0.3) is 0 Å². The third-order valence-electron chi connectivity index (χ3n) is 3.53. The first-order valence-corrected chi connectivity index (χ1v) is 8.74. The minimum absolute atomic E-state index is 0.139. The molecular weight excluding hydrogens is 322 g/mol. The van der Waals surface area contributed by atoms with Gasteiger partial charge in [0.1, 0.15) is 0 Å². The Kier molecular flexibility index (Phi) is 6.37. The summed E-state index contributed by atoms with van der Waals surface area (Å²) in [5, 5.41) is 3.28. The number of hydrogen-bond donors (Lipinski definition) is 2. The lowest BCUT2D eigenvalue weighted by Gasteiger charge is -2.07. The highest BCUT2D eigenvalue weighted by atomic mass is 32.2. The van der Waals surface area contributed by atoms with Crippen LogP contribution in [0.1, 0.15) is 23.7 Å². The van der Waals surface area contributed by atoms with Crippen molar-refractivity contribution in [3.8, 4) is 0 Å². The van der Waals surface area contributed by atoms with Crippen LogP contribution >= 0.6 is 11.8 Å². The fourth-order valence-electron chi connectivity index (χ4n) is 2.19. The largest absolute Gasteiger partial charge is 0.325 e. The molecule has 1 heterocycles. The molecule has 2 N–H and O–H groups in total. The maximum Gasteiger partial charge on any atom is 0.255 e. The molecule has 0 aliphatic heterocycles. The van der Waals surface area contributed by atoms with Crippen molar-refractivity contribution in [1.82, 2.24) is 9.97 Å². The summed E-state index contributed by atoms with van der Waals surface area (Å²) in [6, 6.07) is 7.75. The van der Waals surface area contributed by atoms with E-state index in [4.69, 9.17) is 0 Å². The SMILES string of the molecule is C=CCc1c(C)nc(SCC(=O)Nc2ccc(CC)cc2)[nH]c1=O. The summed E-state index contributed by atoms with van der Waals surface area (Å²) in [6.07, 6.45) is 3.11. The van der Waals surface area contributed by atoms with Crippen LogP contribution in [0, 0.1) is 6.92 Å². The van der Waals surface area contributed by atoms with E-state index in [1.807, 2.05) is 24.3 Å². The molecule has 6 heteroatoms. The summed E-state index contributed by atoms with van der Waals surface area (Å²) in [4.78, 5) is 31.0. The molecule has 0 radical (unpaired) electrons. The number of aromatic amines is 1. The maximum absolute atomic E-state index is 12.0. The Morgan fingerprint density at radius 1 is 1.38 bits per heavy atom. The number of hydrogen-bond acceptors (Lipinski definition) is 4. The van der Waals surface area contributed by atoms with Gasteiger partial charge in [-0.15, -0.1) is 6.58 Å². The lowest BCUT2D eigenvalue weighted by Crippen LogP contribution is -2.18. The van der Waals surface area contributed by atoms with Crippen molar-refractivity contribution in [2.24, 2.45) is 0 Å². The Morgan fingerprint density at radius 3 is 2.67 bits per heavy atom. The van der Waals surface area contributed by atoms with E-state index in [1.165, 1.54) is 17.3 Å². The number of nitrogens with one attached hydrogen (secondary N) is 2. The number of carbonyl (C=O) groups excluding carboxylic acids is 1. The third-order valence-corrected chi connectivity index (χ3v) is 4.41. The highest BCUT2D eigenvalue weighted by Crippen LogP contribution is 2.15. The highest BCUT2D eigenvalue weighted by Gasteiger charge is 2.09. The quantitative estimate of drug-likeness (QED) is 0.460. The predicted molar refractivity (Wildman–Crippen MR) is 98.7 cm³/mol. The molecule has 0 aliphatic rings. The van der Waals surface area contributed by atoms with Gasteiger partial charge in [-0.05, 0) is 37.5 Å². The molecule has 1 aromatic heterocycles. The third kappa shape index (κ3) is 4.83. The van der Waals surface area contributed by atoms with Crippen molar-refractivity contribution in [3.05, 3.63) is 64.1 Å². The number of H-pyrrole nitrogens is 1. The fraction of sp³-hybridized carbons (Fsp3) is 0.278. The van der Waals surface area contributed by atoms with Crippen molar-refractivity contribution >= 4 is 23.4 Å². The monoisotopic (exact) mass is 343 g/mol. The summed E-state index contributed by atoms with van der Waals surface area (Å²) in [7, 11) is 0. The van der Waals surface area contributed by atoms with Gasteiger partial charge >= 0.3 is 0 Å². The molecule has 1 aromatic carbocycles. The molecule has 126 valence electrons. The molecule has 0 saturated carbocycles. The van der Waals surface area contributed by atoms with Gasteiger partial charge in [0, 0.05) is 16.9 Å². The van der Waals surface area contributed by atoms with Gasteiger partial charge in [-0.25, -0.2) is 4.98 Å². The first-order valence-electron chi connectivity index (χ1n) is 7.75. The number of nitrogens with zero attached hydrogens (tertiary/aromatic N) is 1. The summed E-state index contributed by atoms with van der Waals surface area (Å²) in [6.45, 7) is 7.50. The van der Waals surface area contributed by atoms with Crippen LogP contribution in [-0.2, 0) is 17.6 Å². The van der Waals surface area contributed by atoms with E-state index in [9.17, 15) is 9.59 Å². The maximum atomic E-state index is 12.0. The van der Waals surface area contributed by atoms with Gasteiger partial charge in [-0.2, -0.15) is 0 Å². The molecule has 2 aromatic rings. The molecule has 24 heavy (non-hydrogen) atoms. The van der Waals surface area contributed by atoms with Crippen LogP contribution in [0.2, 0.25) is 0 Å². The van der Waals surface area contributed by atoms with E-state index in [0.717, 1.165) is 12.1 Å². The summed E-state index contributed by atoms with van der Waals surface area (Å²) in [5.41, 5.74) is 3.07. The lowest BCUT2D eigenvalue weighted by atomic mass is 10.1. The molecule has 0 spiro atoms. The van der Waals surface area contributed by atoms with Crippen molar-refractivity contribution < 1.29 is 4.79 Å². The number of amides is 1. The topological polar surface area (TPSA) is 74.8 Å². The average Bonchev–Trinajstić information content (AvgIpc) is 2.57. The first-order chi connectivity index (χ1) is 11.5. The zero-order valence-corrected chi connectivity index (χ0v) is 14.7. The molecule has 0 unspecified atom stereocenters. The number of rotatable bonds is 7. The fourth-order valence-corrected chi connectivity index (χ4v) is 2.90. The van der Waals surface area contributed by atoms with E-state index < -0.39 is 0 Å². The Morgan fingerprint density at radius 2 is 2.08 bits per heavy atom. The lowest BCUT2D eigenvalue weighted by molar-refractivity contribution is -0.113. The van der Waals surface area contributed by atoms with Gasteiger partial charge in [-0.1, -0.05) is 36.9 Å². The minimum atomic E-state index is -0.180. The molecule has 0 atom stereocenters. The average molecular weight is 343 g/mol. The second-order valence-electron chi connectivity index (χ2n) is 5.32. The Hall–Kier alpha value is -2.34. The molecule has 0 bridgehead atoms. The molecule has 5 nitrogen and oxygen atoms in total. The van der Waals surface area contributed by atoms with Crippen LogP contribution in [-0.4, -0.2) is 21.6 Å². The smallest absolute Gasteiger partial charge is 0.255 e. The van der Waals surface area contributed by atoms with Crippen LogP contribution in [0.3, 0.4) is 0 Å². The van der Waals surface area contributed by atoms with E-state index in [0.29, 0.717) is 22.8 Å². The van der Waals surface area contributed by atoms with E-state index in [-0.39, 0.29) is 17.2 Å². The standard InChI is InChI=1S/C18H21N3O2S/c1-4-6-15-12(3)19-18(21-17(15)23)24-11-16(22)20-14-9-7-13(5-2)8-10-14/h4,7-10H,1,5-6,11H2,2-3H3,(H,20,22)(H,19,21,23). The van der Waals surface area contributed by atoms with Gasteiger partial charge in [0.2, 0.25) is 5.91 Å². The van der Waals surface area contributed by atoms with Gasteiger partial charge < -0.3 is 10.3 Å². The van der Waals surface area contributed by atoms with Crippen molar-refractivity contribution in [2.45, 2.75) is 31.8 Å². The Labute approximate surface area is 145 Å². The summed E-state index contributed by atoms with van der Waals surface area (Å²) < 4.78 is 0. The van der Waals surface area contributed by atoms with Gasteiger partial charge in [0.15, 0.2) is 5.16 Å². The molecule has 0 fully saturated rings. The van der Waals surface area contributed by atoms with Gasteiger partial charge in [-0.3, -0.25) is 9.59 Å².